The van der Waals surface area contributed by atoms with Crippen LogP contribution in [0.3, 0.4) is 0 Å². The third-order valence-corrected chi connectivity index (χ3v) is 3.96. The number of nitrogen functional groups attached to an aromatic ring is 1. The van der Waals surface area contributed by atoms with Gasteiger partial charge in [-0.25, -0.2) is 4.79 Å². The smallest absolute Gasteiger partial charge is 0.354 e. The van der Waals surface area contributed by atoms with Gasteiger partial charge in [-0.05, 0) is 24.3 Å². The van der Waals surface area contributed by atoms with Crippen LogP contribution in [0.5, 0.6) is 0 Å². The molecule has 1 aliphatic carbocycles. The Morgan fingerprint density at radius 3 is 2.79 bits per heavy atom. The largest absolute Gasteiger partial charge is 0.477 e. The van der Waals surface area contributed by atoms with E-state index in [9.17, 15) is 14.7 Å². The number of nitrogens with two attached hydrogens (primary N) is 1. The molecular weight excluding hydrogens is 310 g/mol. The molecule has 0 saturated carbocycles. The molecule has 0 saturated heterocycles. The van der Waals surface area contributed by atoms with Gasteiger partial charge in [-0.1, -0.05) is 0 Å². The van der Waals surface area contributed by atoms with Crippen LogP contribution < -0.4 is 21.8 Å². The highest BCUT2D eigenvalue weighted by atomic mass is 16.4. The van der Waals surface area contributed by atoms with Gasteiger partial charge in [-0.15, -0.1) is 0 Å². The van der Waals surface area contributed by atoms with E-state index in [-0.39, 0.29) is 11.1 Å². The second-order valence-electron chi connectivity index (χ2n) is 5.48. The summed E-state index contributed by atoms with van der Waals surface area (Å²) in [6.45, 7) is 0.306. The fourth-order valence-corrected chi connectivity index (χ4v) is 2.95. The van der Waals surface area contributed by atoms with Crippen molar-refractivity contribution in [2.45, 2.75) is 0 Å². The lowest BCUT2D eigenvalue weighted by atomic mass is 9.96. The summed E-state index contributed by atoms with van der Waals surface area (Å²) in [5.41, 5.74) is 8.47. The van der Waals surface area contributed by atoms with Crippen LogP contribution in [-0.2, 0) is 4.79 Å². The number of carbonyl (C=O) groups is 1. The van der Waals surface area contributed by atoms with E-state index < -0.39 is 5.97 Å². The van der Waals surface area contributed by atoms with E-state index in [4.69, 9.17) is 10.2 Å². The number of hydrogen-bond donors (Lipinski definition) is 4. The average molecular weight is 323 g/mol. The van der Waals surface area contributed by atoms with Crippen LogP contribution in [0.4, 0.5) is 5.69 Å². The van der Waals surface area contributed by atoms with Gasteiger partial charge in [-0.3, -0.25) is 4.79 Å². The molecular formula is C17H13N3O4. The molecule has 0 bridgehead atoms. The van der Waals surface area contributed by atoms with Crippen LogP contribution in [0.2, 0.25) is 0 Å². The van der Waals surface area contributed by atoms with Crippen molar-refractivity contribution in [1.29, 1.82) is 0 Å². The van der Waals surface area contributed by atoms with Gasteiger partial charge in [0.15, 0.2) is 5.43 Å². The minimum atomic E-state index is -1.06. The number of nitrogens with one attached hydrogen (secondary N) is 2. The van der Waals surface area contributed by atoms with Crippen molar-refractivity contribution < 1.29 is 14.3 Å². The van der Waals surface area contributed by atoms with E-state index in [0.29, 0.717) is 45.9 Å². The predicted octanol–water partition coefficient (Wildman–Crippen LogP) is 1.38. The van der Waals surface area contributed by atoms with Crippen molar-refractivity contribution >= 4 is 28.3 Å². The van der Waals surface area contributed by atoms with Crippen LogP contribution in [0.15, 0.2) is 51.3 Å². The first-order chi connectivity index (χ1) is 11.5. The number of aliphatic carboxylic acids is 1. The zero-order valence-electron chi connectivity index (χ0n) is 12.4. The molecule has 1 aromatic rings. The maximum atomic E-state index is 11.7. The number of rotatable bonds is 2. The Morgan fingerprint density at radius 1 is 1.17 bits per heavy atom. The van der Waals surface area contributed by atoms with Gasteiger partial charge in [-0.2, -0.15) is 0 Å². The molecule has 0 unspecified atom stereocenters. The molecule has 24 heavy (non-hydrogen) atoms. The summed E-state index contributed by atoms with van der Waals surface area (Å²) in [7, 11) is 0. The molecule has 0 aromatic heterocycles. The molecule has 0 spiro atoms. The minimum absolute atomic E-state index is 0.0758. The van der Waals surface area contributed by atoms with Crippen LogP contribution >= 0.6 is 0 Å². The van der Waals surface area contributed by atoms with E-state index in [1.807, 2.05) is 0 Å². The lowest BCUT2D eigenvalue weighted by Crippen LogP contribution is -2.18. The van der Waals surface area contributed by atoms with Gasteiger partial charge in [0.25, 0.3) is 0 Å². The molecule has 2 heterocycles. The average Bonchev–Trinajstić information content (AvgIpc) is 3.01. The van der Waals surface area contributed by atoms with Gasteiger partial charge in [0.05, 0.1) is 12.4 Å². The molecule has 7 nitrogen and oxygen atoms in total. The molecule has 0 amide bonds. The van der Waals surface area contributed by atoms with Crippen LogP contribution in [-0.4, -0.2) is 17.7 Å². The van der Waals surface area contributed by atoms with Crippen molar-refractivity contribution in [3.05, 3.63) is 57.9 Å². The van der Waals surface area contributed by atoms with E-state index in [2.05, 4.69) is 10.6 Å². The zero-order chi connectivity index (χ0) is 16.8. The number of anilines is 1. The summed E-state index contributed by atoms with van der Waals surface area (Å²) in [4.78, 5) is 23.2. The van der Waals surface area contributed by atoms with Crippen molar-refractivity contribution in [1.82, 2.24) is 10.6 Å². The Balaban J connectivity index is 2.18. The normalized spacial score (nSPS) is 14.0. The first kappa shape index (κ1) is 14.1. The second-order valence-corrected chi connectivity index (χ2v) is 5.48. The molecule has 0 atom stereocenters. The molecule has 4 rings (SSSR count). The summed E-state index contributed by atoms with van der Waals surface area (Å²) in [6.07, 6.45) is 0. The van der Waals surface area contributed by atoms with Crippen molar-refractivity contribution in [2.75, 3.05) is 12.4 Å². The van der Waals surface area contributed by atoms with Crippen molar-refractivity contribution in [3.63, 3.8) is 0 Å². The molecule has 5 N–H and O–H groups in total. The lowest BCUT2D eigenvalue weighted by molar-refractivity contribution is -0.132. The summed E-state index contributed by atoms with van der Waals surface area (Å²) in [6, 6.07) is 9.59. The SMILES string of the molecule is Nc1ccc2c(C3=C(C(=O)O)NCN3)c3ccc(=O)cc-3oc2c1. The summed E-state index contributed by atoms with van der Waals surface area (Å²) in [5, 5.41) is 16.0. The number of carboxylic acid groups (broad SMARTS) is 1. The topological polar surface area (TPSA) is 118 Å². The fourth-order valence-electron chi connectivity index (χ4n) is 2.95. The monoisotopic (exact) mass is 323 g/mol. The first-order valence-corrected chi connectivity index (χ1v) is 7.26. The van der Waals surface area contributed by atoms with Gasteiger partial charge in [0.1, 0.15) is 17.0 Å². The van der Waals surface area contributed by atoms with Crippen molar-refractivity contribution in [2.24, 2.45) is 0 Å². The number of hydrogen-bond acceptors (Lipinski definition) is 6. The number of fused-ring (bicyclic) bond motifs is 2. The molecule has 7 heteroatoms. The quantitative estimate of drug-likeness (QED) is 0.416. The Kier molecular flexibility index (Phi) is 2.96. The zero-order valence-corrected chi connectivity index (χ0v) is 12.4. The number of carboxylic acids is 1. The molecule has 0 radical (unpaired) electrons. The fraction of sp³-hybridized carbons (Fsp3) is 0.0588. The second kappa shape index (κ2) is 5.02. The molecule has 0 fully saturated rings. The molecule has 120 valence electrons. The Hall–Kier alpha value is -3.48. The highest BCUT2D eigenvalue weighted by molar-refractivity contribution is 6.05. The standard InChI is InChI=1S/C17H13N3O4/c18-8-1-3-10-12(5-8)24-13-6-9(21)2-4-11(13)14(10)15-16(17(22)23)20-7-19-15/h1-6,19-20H,7,18H2,(H,22,23). The third kappa shape index (κ3) is 2.06. The van der Waals surface area contributed by atoms with Crippen LogP contribution in [0.1, 0.15) is 5.56 Å². The van der Waals surface area contributed by atoms with E-state index in [0.717, 1.165) is 0 Å². The Morgan fingerprint density at radius 2 is 2.00 bits per heavy atom. The number of benzene rings is 2. The van der Waals surface area contributed by atoms with Gasteiger partial charge in [0, 0.05) is 34.3 Å². The van der Waals surface area contributed by atoms with Crippen LogP contribution in [0, 0.1) is 0 Å². The molecule has 3 aliphatic rings. The Bertz CT molecular complexity index is 1050. The van der Waals surface area contributed by atoms with E-state index in [1.54, 1.807) is 24.3 Å². The predicted molar refractivity (Wildman–Crippen MR) is 89.2 cm³/mol. The summed E-state index contributed by atoms with van der Waals surface area (Å²) in [5.74, 6) is -0.686. The Labute approximate surface area is 135 Å². The minimum Gasteiger partial charge on any atom is -0.477 e. The van der Waals surface area contributed by atoms with Crippen LogP contribution in [0.25, 0.3) is 28.0 Å². The van der Waals surface area contributed by atoms with Gasteiger partial charge >= 0.3 is 5.97 Å². The van der Waals surface area contributed by atoms with Crippen molar-refractivity contribution in [3.8, 4) is 11.3 Å². The maximum absolute atomic E-state index is 11.7. The highest BCUT2D eigenvalue weighted by Gasteiger charge is 2.26. The third-order valence-electron chi connectivity index (χ3n) is 3.96. The lowest BCUT2D eigenvalue weighted by Gasteiger charge is -2.16. The molecule has 1 aromatic carbocycles. The van der Waals surface area contributed by atoms with Gasteiger partial charge in [0.2, 0.25) is 0 Å². The summed E-state index contributed by atoms with van der Waals surface area (Å²) < 4.78 is 5.81. The maximum Gasteiger partial charge on any atom is 0.354 e. The molecule has 2 aliphatic heterocycles. The van der Waals surface area contributed by atoms with E-state index >= 15 is 0 Å². The highest BCUT2D eigenvalue weighted by Crippen LogP contribution is 2.38. The van der Waals surface area contributed by atoms with Gasteiger partial charge < -0.3 is 25.9 Å². The summed E-state index contributed by atoms with van der Waals surface area (Å²) >= 11 is 0. The van der Waals surface area contributed by atoms with E-state index in [1.165, 1.54) is 12.1 Å². The first-order valence-electron chi connectivity index (χ1n) is 7.26.